The number of amides is 1. The van der Waals surface area contributed by atoms with Gasteiger partial charge in [0, 0.05) is 45.6 Å². The minimum absolute atomic E-state index is 0.243. The van der Waals surface area contributed by atoms with Crippen LogP contribution in [0.15, 0.2) is 42.5 Å². The molecule has 2 aliphatic heterocycles. The highest BCUT2D eigenvalue weighted by molar-refractivity contribution is 5.76. The third-order valence-corrected chi connectivity index (χ3v) is 5.68. The number of hydrogen-bond donors (Lipinski definition) is 0. The molecule has 5 nitrogen and oxygen atoms in total. The van der Waals surface area contributed by atoms with Gasteiger partial charge < -0.3 is 14.4 Å². The second-order valence-electron chi connectivity index (χ2n) is 7.97. The summed E-state index contributed by atoms with van der Waals surface area (Å²) in [6, 6.07) is 14.6. The van der Waals surface area contributed by atoms with Crippen molar-refractivity contribution in [1.82, 2.24) is 9.80 Å². The second-order valence-corrected chi connectivity index (χ2v) is 7.97. The van der Waals surface area contributed by atoms with E-state index in [0.717, 1.165) is 63.7 Å². The normalized spacial score (nSPS) is 16.4. The number of benzene rings is 2. The predicted octanol–water partition coefficient (Wildman–Crippen LogP) is 3.43. The Labute approximate surface area is 173 Å². The van der Waals surface area contributed by atoms with Gasteiger partial charge in [-0.05, 0) is 48.2 Å². The summed E-state index contributed by atoms with van der Waals surface area (Å²) in [6.45, 7) is 7.86. The zero-order chi connectivity index (χ0) is 20.1. The molecule has 0 unspecified atom stereocenters. The molecule has 0 aliphatic carbocycles. The number of nitrogens with zero attached hydrogens (tertiary/aromatic N) is 2. The Hall–Kier alpha value is -2.53. The summed E-state index contributed by atoms with van der Waals surface area (Å²) in [5, 5.41) is 0. The molecule has 0 N–H and O–H groups in total. The Balaban J connectivity index is 1.16. The topological polar surface area (TPSA) is 42.0 Å². The molecule has 4 rings (SSSR count). The van der Waals surface area contributed by atoms with Gasteiger partial charge in [0.05, 0.1) is 13.2 Å². The van der Waals surface area contributed by atoms with Crippen molar-refractivity contribution >= 4 is 5.91 Å². The van der Waals surface area contributed by atoms with Crippen LogP contribution in [0.2, 0.25) is 0 Å². The molecule has 2 heterocycles. The van der Waals surface area contributed by atoms with E-state index in [2.05, 4.69) is 36.1 Å². The third kappa shape index (κ3) is 5.30. The van der Waals surface area contributed by atoms with E-state index in [9.17, 15) is 4.79 Å². The highest BCUT2D eigenvalue weighted by Gasteiger charge is 2.21. The van der Waals surface area contributed by atoms with Crippen molar-refractivity contribution in [3.05, 3.63) is 59.2 Å². The van der Waals surface area contributed by atoms with E-state index >= 15 is 0 Å². The summed E-state index contributed by atoms with van der Waals surface area (Å²) in [7, 11) is 0. The summed E-state index contributed by atoms with van der Waals surface area (Å²) in [5.74, 6) is 2.16. The summed E-state index contributed by atoms with van der Waals surface area (Å²) < 4.78 is 11.3. The van der Waals surface area contributed by atoms with Crippen molar-refractivity contribution in [3.63, 3.8) is 0 Å². The Morgan fingerprint density at radius 2 is 1.97 bits per heavy atom. The van der Waals surface area contributed by atoms with Gasteiger partial charge in [0.15, 0.2) is 0 Å². The second kappa shape index (κ2) is 9.31. The van der Waals surface area contributed by atoms with Gasteiger partial charge >= 0.3 is 0 Å². The van der Waals surface area contributed by atoms with Gasteiger partial charge in [-0.25, -0.2) is 0 Å². The predicted molar refractivity (Wildman–Crippen MR) is 113 cm³/mol. The van der Waals surface area contributed by atoms with Crippen LogP contribution in [0.3, 0.4) is 0 Å². The molecule has 0 spiro atoms. The van der Waals surface area contributed by atoms with Crippen LogP contribution in [0.25, 0.3) is 0 Å². The van der Waals surface area contributed by atoms with Crippen molar-refractivity contribution in [1.29, 1.82) is 0 Å². The molecule has 0 saturated carbocycles. The van der Waals surface area contributed by atoms with Crippen LogP contribution in [-0.4, -0.2) is 55.1 Å². The van der Waals surface area contributed by atoms with Gasteiger partial charge in [0.25, 0.3) is 0 Å². The van der Waals surface area contributed by atoms with Crippen LogP contribution >= 0.6 is 0 Å². The maximum atomic E-state index is 12.5. The Morgan fingerprint density at radius 1 is 1.10 bits per heavy atom. The van der Waals surface area contributed by atoms with E-state index in [1.165, 1.54) is 16.7 Å². The third-order valence-electron chi connectivity index (χ3n) is 5.68. The van der Waals surface area contributed by atoms with E-state index < -0.39 is 0 Å². The molecule has 154 valence electrons. The fraction of sp³-hybridized carbons (Fsp3) is 0.458. The molecule has 1 amide bonds. The fourth-order valence-electron chi connectivity index (χ4n) is 4.03. The van der Waals surface area contributed by atoms with E-state index in [1.54, 1.807) is 0 Å². The SMILES string of the molecule is Cc1cccc(OCCCC(=O)N2CCN(Cc3ccc4c(c3)CCO4)CC2)c1. The Bertz CT molecular complexity index is 844. The quantitative estimate of drug-likeness (QED) is 0.675. The molecule has 0 radical (unpaired) electrons. The first-order chi connectivity index (χ1) is 14.2. The molecule has 0 atom stereocenters. The first-order valence-electron chi connectivity index (χ1n) is 10.6. The highest BCUT2D eigenvalue weighted by atomic mass is 16.5. The molecular weight excluding hydrogens is 364 g/mol. The average Bonchev–Trinajstić information content (AvgIpc) is 3.19. The minimum atomic E-state index is 0.243. The lowest BCUT2D eigenvalue weighted by Gasteiger charge is -2.35. The summed E-state index contributed by atoms with van der Waals surface area (Å²) in [5.41, 5.74) is 3.84. The standard InChI is InChI=1S/C24H30N2O3/c1-19-4-2-5-22(16-19)28-14-3-6-24(27)26-12-10-25(11-13-26)18-20-7-8-23-21(17-20)9-15-29-23/h2,4-5,7-8,16-17H,3,6,9-15,18H2,1H3. The summed E-state index contributed by atoms with van der Waals surface area (Å²) in [4.78, 5) is 16.9. The van der Waals surface area contributed by atoms with Crippen LogP contribution < -0.4 is 9.47 Å². The van der Waals surface area contributed by atoms with Crippen molar-refractivity contribution in [3.8, 4) is 11.5 Å². The minimum Gasteiger partial charge on any atom is -0.494 e. The molecule has 0 bridgehead atoms. The number of carbonyl (C=O) groups excluding carboxylic acids is 1. The molecule has 5 heteroatoms. The van der Waals surface area contributed by atoms with Crippen LogP contribution in [0.5, 0.6) is 11.5 Å². The van der Waals surface area contributed by atoms with Crippen LogP contribution in [0, 0.1) is 6.92 Å². The summed E-state index contributed by atoms with van der Waals surface area (Å²) >= 11 is 0. The monoisotopic (exact) mass is 394 g/mol. The number of fused-ring (bicyclic) bond motifs is 1. The molecule has 2 aliphatic rings. The van der Waals surface area contributed by atoms with Gasteiger partial charge in [0.1, 0.15) is 11.5 Å². The van der Waals surface area contributed by atoms with Gasteiger partial charge in [0.2, 0.25) is 5.91 Å². The van der Waals surface area contributed by atoms with Gasteiger partial charge in [-0.3, -0.25) is 9.69 Å². The van der Waals surface area contributed by atoms with Gasteiger partial charge in [-0.1, -0.05) is 24.3 Å². The molecule has 2 aromatic rings. The van der Waals surface area contributed by atoms with E-state index in [4.69, 9.17) is 9.47 Å². The Kier molecular flexibility index (Phi) is 6.35. The van der Waals surface area contributed by atoms with Crippen LogP contribution in [-0.2, 0) is 17.8 Å². The molecule has 0 aromatic heterocycles. The first-order valence-corrected chi connectivity index (χ1v) is 10.6. The van der Waals surface area contributed by atoms with E-state index in [0.29, 0.717) is 13.0 Å². The number of carbonyl (C=O) groups is 1. The number of rotatable bonds is 7. The zero-order valence-electron chi connectivity index (χ0n) is 17.2. The van der Waals surface area contributed by atoms with Gasteiger partial charge in [-0.15, -0.1) is 0 Å². The van der Waals surface area contributed by atoms with Crippen molar-refractivity contribution in [2.45, 2.75) is 32.7 Å². The lowest BCUT2D eigenvalue weighted by molar-refractivity contribution is -0.133. The maximum absolute atomic E-state index is 12.5. The van der Waals surface area contributed by atoms with E-state index in [1.807, 2.05) is 23.1 Å². The largest absolute Gasteiger partial charge is 0.494 e. The number of piperazine rings is 1. The smallest absolute Gasteiger partial charge is 0.222 e. The number of aryl methyl sites for hydroxylation is 1. The number of hydrogen-bond acceptors (Lipinski definition) is 4. The highest BCUT2D eigenvalue weighted by Crippen LogP contribution is 2.26. The van der Waals surface area contributed by atoms with Crippen molar-refractivity contribution < 1.29 is 14.3 Å². The molecule has 1 saturated heterocycles. The zero-order valence-corrected chi connectivity index (χ0v) is 17.2. The van der Waals surface area contributed by atoms with Crippen molar-refractivity contribution in [2.24, 2.45) is 0 Å². The van der Waals surface area contributed by atoms with Gasteiger partial charge in [-0.2, -0.15) is 0 Å². The molecule has 29 heavy (non-hydrogen) atoms. The van der Waals surface area contributed by atoms with Crippen LogP contribution in [0.1, 0.15) is 29.5 Å². The fourth-order valence-corrected chi connectivity index (χ4v) is 4.03. The molecular formula is C24H30N2O3. The summed E-state index contributed by atoms with van der Waals surface area (Å²) in [6.07, 6.45) is 2.32. The van der Waals surface area contributed by atoms with Crippen LogP contribution in [0.4, 0.5) is 0 Å². The molecule has 2 aromatic carbocycles. The number of ether oxygens (including phenoxy) is 2. The lowest BCUT2D eigenvalue weighted by atomic mass is 10.1. The molecule has 1 fully saturated rings. The lowest BCUT2D eigenvalue weighted by Crippen LogP contribution is -2.48. The first kappa shape index (κ1) is 19.8. The Morgan fingerprint density at radius 3 is 2.79 bits per heavy atom. The average molecular weight is 395 g/mol. The van der Waals surface area contributed by atoms with Crippen molar-refractivity contribution in [2.75, 3.05) is 39.4 Å². The maximum Gasteiger partial charge on any atom is 0.222 e. The van der Waals surface area contributed by atoms with E-state index in [-0.39, 0.29) is 5.91 Å².